The highest BCUT2D eigenvalue weighted by Crippen LogP contribution is 2.41. The second-order valence-electron chi connectivity index (χ2n) is 6.60. The Kier molecular flexibility index (Phi) is 4.23. The summed E-state index contributed by atoms with van der Waals surface area (Å²) in [6.07, 6.45) is 1.61. The zero-order valence-corrected chi connectivity index (χ0v) is 16.4. The van der Waals surface area contributed by atoms with Gasteiger partial charge in [-0.3, -0.25) is 9.69 Å². The number of ether oxygens (including phenoxy) is 1. The molecule has 0 radical (unpaired) electrons. The van der Waals surface area contributed by atoms with Gasteiger partial charge in [0, 0.05) is 16.6 Å². The number of aromatic amines is 1. The molecule has 0 saturated carbocycles. The fraction of sp³-hybridized carbons (Fsp3) is 0.200. The summed E-state index contributed by atoms with van der Waals surface area (Å²) in [6.45, 7) is 3.57. The van der Waals surface area contributed by atoms with Crippen LogP contribution >= 0.6 is 9.24 Å². The van der Waals surface area contributed by atoms with Crippen molar-refractivity contribution in [2.45, 2.75) is 19.9 Å². The third kappa shape index (κ3) is 2.63. The number of benzene rings is 2. The molecule has 1 N–H and O–H groups in total. The van der Waals surface area contributed by atoms with Crippen molar-refractivity contribution in [3.63, 3.8) is 0 Å². The average molecular weight is 383 g/mol. The first-order valence-corrected chi connectivity index (χ1v) is 9.07. The van der Waals surface area contributed by atoms with E-state index in [2.05, 4.69) is 19.2 Å². The summed E-state index contributed by atoms with van der Waals surface area (Å²) < 4.78 is 19.9. The first kappa shape index (κ1) is 17.7. The summed E-state index contributed by atoms with van der Waals surface area (Å²) in [6, 6.07) is 8.71. The molecular weight excluding hydrogens is 364 g/mol. The van der Waals surface area contributed by atoms with Crippen LogP contribution in [0.15, 0.2) is 48.0 Å². The summed E-state index contributed by atoms with van der Waals surface area (Å²) in [5.41, 5.74) is 4.35. The molecule has 7 heteroatoms. The monoisotopic (exact) mass is 383 g/mol. The standard InChI is InChI=1S/C20H19FN3O2P/c1-10-4-6-13(19(27)16(10)21)17-11(2)18(26-3)20(25)24(17)12-5-7-14-15(8-12)23-9-22-14/h4-9,17H,27H2,1-3H3,(H,22,23). The molecule has 1 amide bonds. The van der Waals surface area contributed by atoms with Gasteiger partial charge in [-0.1, -0.05) is 12.1 Å². The second-order valence-corrected chi connectivity index (χ2v) is 7.17. The van der Waals surface area contributed by atoms with Gasteiger partial charge >= 0.3 is 0 Å². The van der Waals surface area contributed by atoms with E-state index < -0.39 is 6.04 Å². The highest BCUT2D eigenvalue weighted by Gasteiger charge is 2.41. The van der Waals surface area contributed by atoms with Gasteiger partial charge in [0.2, 0.25) is 0 Å². The van der Waals surface area contributed by atoms with Gasteiger partial charge < -0.3 is 9.72 Å². The Morgan fingerprint density at radius 1 is 1.26 bits per heavy atom. The first-order chi connectivity index (χ1) is 12.9. The lowest BCUT2D eigenvalue weighted by Gasteiger charge is -2.28. The third-order valence-corrected chi connectivity index (χ3v) is 5.61. The molecule has 0 saturated heterocycles. The molecule has 1 aliphatic heterocycles. The number of anilines is 1. The molecule has 2 atom stereocenters. The molecule has 3 aromatic rings. The molecule has 0 bridgehead atoms. The number of hydrogen-bond acceptors (Lipinski definition) is 3. The smallest absolute Gasteiger partial charge is 0.294 e. The molecule has 27 heavy (non-hydrogen) atoms. The summed E-state index contributed by atoms with van der Waals surface area (Å²) in [5.74, 6) is -0.244. The molecule has 2 aromatic carbocycles. The lowest BCUT2D eigenvalue weighted by Crippen LogP contribution is -2.32. The minimum atomic E-state index is -0.449. The van der Waals surface area contributed by atoms with Crippen molar-refractivity contribution < 1.29 is 13.9 Å². The number of halogens is 1. The number of fused-ring (bicyclic) bond motifs is 1. The van der Waals surface area contributed by atoms with Gasteiger partial charge in [0.05, 0.1) is 30.5 Å². The van der Waals surface area contributed by atoms with Gasteiger partial charge in [-0.2, -0.15) is 0 Å². The molecule has 138 valence electrons. The summed E-state index contributed by atoms with van der Waals surface area (Å²) >= 11 is 0. The van der Waals surface area contributed by atoms with Crippen molar-refractivity contribution in [2.24, 2.45) is 0 Å². The van der Waals surface area contributed by atoms with E-state index in [1.807, 2.05) is 31.2 Å². The molecule has 1 aromatic heterocycles. The van der Waals surface area contributed by atoms with Crippen LogP contribution in [0.3, 0.4) is 0 Å². The van der Waals surface area contributed by atoms with E-state index in [1.165, 1.54) is 7.11 Å². The number of aryl methyl sites for hydroxylation is 1. The van der Waals surface area contributed by atoms with Crippen LogP contribution in [0.25, 0.3) is 11.0 Å². The van der Waals surface area contributed by atoms with Crippen molar-refractivity contribution in [3.05, 3.63) is 64.9 Å². The number of H-pyrrole nitrogens is 1. The highest BCUT2D eigenvalue weighted by atomic mass is 31.0. The number of imidazole rings is 1. The van der Waals surface area contributed by atoms with Crippen LogP contribution in [-0.2, 0) is 9.53 Å². The number of amides is 1. The number of aromatic nitrogens is 2. The van der Waals surface area contributed by atoms with E-state index >= 15 is 0 Å². The van der Waals surface area contributed by atoms with Crippen LogP contribution in [0, 0.1) is 12.7 Å². The summed E-state index contributed by atoms with van der Waals surface area (Å²) in [5, 5.41) is 0.456. The first-order valence-electron chi connectivity index (χ1n) is 8.50. The molecular formula is C20H19FN3O2P. The van der Waals surface area contributed by atoms with Gasteiger partial charge in [0.25, 0.3) is 5.91 Å². The Balaban J connectivity index is 1.91. The van der Waals surface area contributed by atoms with Crippen LogP contribution in [-0.4, -0.2) is 23.0 Å². The predicted octanol–water partition coefficient (Wildman–Crippen LogP) is 3.52. The molecule has 0 spiro atoms. The number of hydrogen-bond donors (Lipinski definition) is 1. The molecule has 0 aliphatic carbocycles. The number of methoxy groups -OCH3 is 1. The van der Waals surface area contributed by atoms with Gasteiger partial charge in [-0.15, -0.1) is 9.24 Å². The summed E-state index contributed by atoms with van der Waals surface area (Å²) in [4.78, 5) is 22.0. The maximum atomic E-state index is 14.6. The third-order valence-electron chi connectivity index (χ3n) is 5.03. The van der Waals surface area contributed by atoms with Crippen molar-refractivity contribution in [1.82, 2.24) is 9.97 Å². The Morgan fingerprint density at radius 2 is 2.04 bits per heavy atom. The van der Waals surface area contributed by atoms with Crippen LogP contribution in [0.1, 0.15) is 24.1 Å². The number of nitrogens with zero attached hydrogens (tertiary/aromatic N) is 2. The quantitative estimate of drug-likeness (QED) is 0.704. The maximum absolute atomic E-state index is 14.6. The highest BCUT2D eigenvalue weighted by molar-refractivity contribution is 7.27. The van der Waals surface area contributed by atoms with E-state index in [4.69, 9.17) is 4.74 Å². The molecule has 5 nitrogen and oxygen atoms in total. The zero-order valence-electron chi connectivity index (χ0n) is 15.2. The Bertz CT molecular complexity index is 1110. The van der Waals surface area contributed by atoms with Crippen LogP contribution in [0.5, 0.6) is 0 Å². The van der Waals surface area contributed by atoms with E-state index in [-0.39, 0.29) is 17.5 Å². The van der Waals surface area contributed by atoms with Crippen molar-refractivity contribution >= 4 is 37.2 Å². The molecule has 0 fully saturated rings. The summed E-state index contributed by atoms with van der Waals surface area (Å²) in [7, 11) is 3.95. The molecule has 2 unspecified atom stereocenters. The molecule has 1 aliphatic rings. The minimum Gasteiger partial charge on any atom is -0.491 e. The lowest BCUT2D eigenvalue weighted by molar-refractivity contribution is -0.117. The zero-order chi connectivity index (χ0) is 19.3. The SMILES string of the molecule is COC1=C(C)C(c2ccc(C)c(F)c2P)N(c2ccc3nc[nH]c3c2)C1=O. The van der Waals surface area contributed by atoms with Crippen LogP contribution in [0.2, 0.25) is 0 Å². The fourth-order valence-corrected chi connectivity index (χ4v) is 4.11. The minimum absolute atomic E-state index is 0.246. The Labute approximate surface area is 158 Å². The van der Waals surface area contributed by atoms with E-state index in [9.17, 15) is 9.18 Å². The van der Waals surface area contributed by atoms with E-state index in [1.54, 1.807) is 24.2 Å². The van der Waals surface area contributed by atoms with E-state index in [0.717, 1.165) is 16.6 Å². The number of nitrogens with one attached hydrogen (secondary N) is 1. The Morgan fingerprint density at radius 3 is 2.78 bits per heavy atom. The maximum Gasteiger partial charge on any atom is 0.294 e. The second kappa shape index (κ2) is 6.46. The van der Waals surface area contributed by atoms with Crippen LogP contribution in [0.4, 0.5) is 10.1 Å². The van der Waals surface area contributed by atoms with Crippen LogP contribution < -0.4 is 10.2 Å². The molecule has 4 rings (SSSR count). The van der Waals surface area contributed by atoms with Gasteiger partial charge in [-0.25, -0.2) is 9.37 Å². The fourth-order valence-electron chi connectivity index (χ4n) is 3.63. The average Bonchev–Trinajstić information content (AvgIpc) is 3.21. The molecule has 2 heterocycles. The number of carbonyl (C=O) groups excluding carboxylic acids is 1. The number of rotatable bonds is 3. The van der Waals surface area contributed by atoms with E-state index in [0.29, 0.717) is 22.1 Å². The normalized spacial score (nSPS) is 17.3. The van der Waals surface area contributed by atoms with Gasteiger partial charge in [0.1, 0.15) is 5.82 Å². The number of carbonyl (C=O) groups is 1. The van der Waals surface area contributed by atoms with Crippen molar-refractivity contribution in [1.29, 1.82) is 0 Å². The largest absolute Gasteiger partial charge is 0.491 e. The van der Waals surface area contributed by atoms with Gasteiger partial charge in [-0.05, 0) is 43.2 Å². The lowest BCUT2D eigenvalue weighted by atomic mass is 9.98. The Hall–Kier alpha value is -2.72. The predicted molar refractivity (Wildman–Crippen MR) is 107 cm³/mol. The van der Waals surface area contributed by atoms with Crippen molar-refractivity contribution in [2.75, 3.05) is 12.0 Å². The topological polar surface area (TPSA) is 58.2 Å². The van der Waals surface area contributed by atoms with Gasteiger partial charge in [0.15, 0.2) is 5.76 Å². The van der Waals surface area contributed by atoms with Crippen molar-refractivity contribution in [3.8, 4) is 0 Å².